The number of benzene rings is 3. The molecule has 0 saturated carbocycles. The minimum absolute atomic E-state index is 0.0509. The monoisotopic (exact) mass is 401 g/mol. The first-order valence-electron chi connectivity index (χ1n) is 8.43. The summed E-state index contributed by atoms with van der Waals surface area (Å²) in [6.45, 7) is 4.23. The molecule has 148 valence electrons. The second-order valence-electron chi connectivity index (χ2n) is 6.73. The van der Waals surface area contributed by atoms with Crippen LogP contribution in [0.15, 0.2) is 77.7 Å². The minimum Gasteiger partial charge on any atom is -0.508 e. The van der Waals surface area contributed by atoms with E-state index in [4.69, 9.17) is 10.3 Å². The number of para-hydroxylation sites is 1. The molecule has 28 heavy (non-hydrogen) atoms. The van der Waals surface area contributed by atoms with E-state index in [9.17, 15) is 18.6 Å². The molecule has 0 radical (unpaired) electrons. The average molecular weight is 401 g/mol. The van der Waals surface area contributed by atoms with E-state index in [0.717, 1.165) is 11.1 Å². The molecule has 6 nitrogen and oxygen atoms in total. The van der Waals surface area contributed by atoms with Crippen LogP contribution in [0.1, 0.15) is 25.0 Å². The summed E-state index contributed by atoms with van der Waals surface area (Å²) in [6.07, 6.45) is 0. The molecule has 3 aromatic rings. The van der Waals surface area contributed by atoms with Gasteiger partial charge in [-0.25, -0.2) is 0 Å². The summed E-state index contributed by atoms with van der Waals surface area (Å²) in [5.41, 5.74) is 7.42. The predicted molar refractivity (Wildman–Crippen MR) is 109 cm³/mol. The van der Waals surface area contributed by atoms with Crippen LogP contribution in [0, 0.1) is 0 Å². The van der Waals surface area contributed by atoms with Gasteiger partial charge in [-0.3, -0.25) is 4.55 Å². The lowest BCUT2D eigenvalue weighted by molar-refractivity contribution is 0.473. The molecule has 0 fully saturated rings. The Bertz CT molecular complexity index is 980. The maximum absolute atomic E-state index is 10.5. The molecule has 3 aromatic carbocycles. The number of rotatable bonds is 3. The average Bonchev–Trinajstić information content (AvgIpc) is 2.62. The number of nitrogens with two attached hydrogens (primary N) is 1. The number of phenols is 2. The smallest absolute Gasteiger partial charge is 0.296 e. The summed E-state index contributed by atoms with van der Waals surface area (Å²) in [6, 6.07) is 20.2. The van der Waals surface area contributed by atoms with Crippen LogP contribution in [0.3, 0.4) is 0 Å². The Morgan fingerprint density at radius 2 is 1.14 bits per heavy atom. The van der Waals surface area contributed by atoms with Gasteiger partial charge in [-0.15, -0.1) is 0 Å². The van der Waals surface area contributed by atoms with Crippen LogP contribution in [0.2, 0.25) is 0 Å². The topological polar surface area (TPSA) is 121 Å². The quantitative estimate of drug-likeness (QED) is 0.390. The summed E-state index contributed by atoms with van der Waals surface area (Å²) in [7, 11) is -4.16. The van der Waals surface area contributed by atoms with Crippen LogP contribution in [0.4, 0.5) is 5.69 Å². The molecule has 3 rings (SSSR count). The van der Waals surface area contributed by atoms with Crippen molar-refractivity contribution >= 4 is 15.8 Å². The molecule has 0 aliphatic carbocycles. The summed E-state index contributed by atoms with van der Waals surface area (Å²) in [4.78, 5) is -0.250. The maximum atomic E-state index is 10.5. The number of hydrogen-bond donors (Lipinski definition) is 4. The van der Waals surface area contributed by atoms with Crippen molar-refractivity contribution in [3.8, 4) is 11.5 Å². The van der Waals surface area contributed by atoms with Gasteiger partial charge >= 0.3 is 0 Å². The van der Waals surface area contributed by atoms with E-state index < -0.39 is 10.1 Å². The highest BCUT2D eigenvalue weighted by molar-refractivity contribution is 7.86. The summed E-state index contributed by atoms with van der Waals surface area (Å²) < 4.78 is 29.6. The van der Waals surface area contributed by atoms with Crippen molar-refractivity contribution in [2.75, 3.05) is 5.73 Å². The molecule has 0 bridgehead atoms. The van der Waals surface area contributed by atoms with Crippen LogP contribution in [0.25, 0.3) is 0 Å². The van der Waals surface area contributed by atoms with E-state index in [0.29, 0.717) is 0 Å². The van der Waals surface area contributed by atoms with E-state index in [-0.39, 0.29) is 27.5 Å². The Morgan fingerprint density at radius 1 is 0.750 bits per heavy atom. The summed E-state index contributed by atoms with van der Waals surface area (Å²) in [5.74, 6) is 0.547. The SMILES string of the molecule is CC(C)(c1ccc(O)cc1)c1ccc(O)cc1.Nc1ccccc1S(=O)(=O)O. The molecular weight excluding hydrogens is 378 g/mol. The van der Waals surface area contributed by atoms with Crippen molar-refractivity contribution < 1.29 is 23.2 Å². The van der Waals surface area contributed by atoms with Crippen molar-refractivity contribution in [1.29, 1.82) is 0 Å². The van der Waals surface area contributed by atoms with E-state index in [2.05, 4.69) is 13.8 Å². The zero-order valence-corrected chi connectivity index (χ0v) is 16.4. The van der Waals surface area contributed by atoms with Gasteiger partial charge in [0, 0.05) is 5.41 Å². The Morgan fingerprint density at radius 3 is 1.46 bits per heavy atom. The van der Waals surface area contributed by atoms with Gasteiger partial charge in [0.25, 0.3) is 10.1 Å². The number of aromatic hydroxyl groups is 2. The highest BCUT2D eigenvalue weighted by Gasteiger charge is 2.22. The Hall–Kier alpha value is -3.03. The fraction of sp³-hybridized carbons (Fsp3) is 0.143. The first-order chi connectivity index (χ1) is 13.0. The van der Waals surface area contributed by atoms with Gasteiger partial charge in [-0.2, -0.15) is 8.42 Å². The van der Waals surface area contributed by atoms with E-state index in [1.807, 2.05) is 24.3 Å². The zero-order valence-electron chi connectivity index (χ0n) is 15.6. The van der Waals surface area contributed by atoms with Gasteiger partial charge in [-0.05, 0) is 47.5 Å². The van der Waals surface area contributed by atoms with Crippen molar-refractivity contribution in [1.82, 2.24) is 0 Å². The molecule has 0 aliphatic rings. The summed E-state index contributed by atoms with van der Waals surface area (Å²) >= 11 is 0. The highest BCUT2D eigenvalue weighted by Crippen LogP contribution is 2.32. The fourth-order valence-corrected chi connectivity index (χ4v) is 3.25. The molecule has 0 aliphatic heterocycles. The van der Waals surface area contributed by atoms with Crippen molar-refractivity contribution in [2.24, 2.45) is 0 Å². The zero-order chi connectivity index (χ0) is 20.9. The number of anilines is 1. The van der Waals surface area contributed by atoms with E-state index in [1.54, 1.807) is 30.3 Å². The van der Waals surface area contributed by atoms with Crippen molar-refractivity contribution in [3.63, 3.8) is 0 Å². The normalized spacial score (nSPS) is 11.4. The largest absolute Gasteiger partial charge is 0.508 e. The number of phenolic OH excluding ortho intramolecular Hbond substituents is 2. The Kier molecular flexibility index (Phi) is 6.33. The minimum atomic E-state index is -4.16. The van der Waals surface area contributed by atoms with Crippen LogP contribution in [-0.2, 0) is 15.5 Å². The predicted octanol–water partition coefficient (Wildman–Crippen LogP) is 3.94. The lowest BCUT2D eigenvalue weighted by Crippen LogP contribution is -2.18. The van der Waals surface area contributed by atoms with Crippen LogP contribution >= 0.6 is 0 Å². The first-order valence-corrected chi connectivity index (χ1v) is 9.87. The Balaban J connectivity index is 0.000000221. The molecule has 0 atom stereocenters. The second-order valence-corrected chi connectivity index (χ2v) is 8.12. The summed E-state index contributed by atoms with van der Waals surface area (Å²) in [5, 5.41) is 18.6. The third-order valence-corrected chi connectivity index (χ3v) is 5.30. The molecule has 0 heterocycles. The van der Waals surface area contributed by atoms with Gasteiger partial charge in [-0.1, -0.05) is 50.2 Å². The standard InChI is InChI=1S/C15H16O2.C6H7NO3S/c1-15(2,11-3-7-13(16)8-4-11)12-5-9-14(17)10-6-12;7-5-3-1-2-4-6(5)11(8,9)10/h3-10,16-17H,1-2H3;1-4H,7H2,(H,8,9,10). The lowest BCUT2D eigenvalue weighted by atomic mass is 9.78. The molecule has 0 unspecified atom stereocenters. The van der Waals surface area contributed by atoms with Crippen LogP contribution < -0.4 is 5.73 Å². The van der Waals surface area contributed by atoms with Crippen LogP contribution in [-0.4, -0.2) is 23.2 Å². The second kappa shape index (κ2) is 8.33. The molecule has 0 spiro atoms. The molecule has 0 saturated heterocycles. The highest BCUT2D eigenvalue weighted by atomic mass is 32.2. The molecule has 7 heteroatoms. The molecule has 0 amide bonds. The van der Waals surface area contributed by atoms with Crippen molar-refractivity contribution in [2.45, 2.75) is 24.2 Å². The van der Waals surface area contributed by atoms with Gasteiger partial charge in [0.2, 0.25) is 0 Å². The van der Waals surface area contributed by atoms with Crippen molar-refractivity contribution in [3.05, 3.63) is 83.9 Å². The molecular formula is C21H23NO5S. The third-order valence-electron chi connectivity index (χ3n) is 4.37. The van der Waals surface area contributed by atoms with Crippen LogP contribution in [0.5, 0.6) is 11.5 Å². The Labute approximate surface area is 164 Å². The van der Waals surface area contributed by atoms with Gasteiger partial charge in [0.15, 0.2) is 0 Å². The van der Waals surface area contributed by atoms with Gasteiger partial charge < -0.3 is 15.9 Å². The maximum Gasteiger partial charge on any atom is 0.296 e. The number of hydrogen-bond acceptors (Lipinski definition) is 5. The lowest BCUT2D eigenvalue weighted by Gasteiger charge is -2.26. The third kappa shape index (κ3) is 5.25. The first kappa shape index (κ1) is 21.3. The fourth-order valence-electron chi connectivity index (χ4n) is 2.64. The molecule has 5 N–H and O–H groups in total. The van der Waals surface area contributed by atoms with Gasteiger partial charge in [0.05, 0.1) is 5.69 Å². The van der Waals surface area contributed by atoms with E-state index >= 15 is 0 Å². The van der Waals surface area contributed by atoms with Gasteiger partial charge in [0.1, 0.15) is 16.4 Å². The number of nitrogen functional groups attached to an aromatic ring is 1. The van der Waals surface area contributed by atoms with E-state index in [1.165, 1.54) is 18.2 Å². The molecule has 0 aromatic heterocycles.